The fourth-order valence-electron chi connectivity index (χ4n) is 6.28. The van der Waals surface area contributed by atoms with Gasteiger partial charge in [0.15, 0.2) is 0 Å². The number of amides is 4. The molecule has 7 nitrogen and oxygen atoms in total. The number of hydrogen-bond donors (Lipinski definition) is 3. The SMILES string of the molecule is CNC(=O)c1ccc(CN(C)[C@@H](C)C(=O)NC(=O)NC23CC4CC(CC(C4)C2)C3)cc1. The molecule has 1 atom stereocenters. The minimum Gasteiger partial charge on any atom is -0.355 e. The third kappa shape index (κ3) is 4.76. The molecule has 1 aromatic carbocycles. The van der Waals surface area contributed by atoms with Crippen molar-refractivity contribution in [2.24, 2.45) is 17.8 Å². The van der Waals surface area contributed by atoms with Crippen molar-refractivity contribution < 1.29 is 14.4 Å². The molecule has 0 aliphatic heterocycles. The van der Waals surface area contributed by atoms with Crippen LogP contribution in [0.25, 0.3) is 0 Å². The van der Waals surface area contributed by atoms with Crippen LogP contribution in [0.1, 0.15) is 61.4 Å². The average Bonchev–Trinajstić information content (AvgIpc) is 2.71. The molecule has 4 aliphatic rings. The Bertz CT molecular complexity index is 816. The number of rotatable bonds is 6. The van der Waals surface area contributed by atoms with Crippen molar-refractivity contribution in [2.75, 3.05) is 14.1 Å². The van der Waals surface area contributed by atoms with E-state index in [1.807, 2.05) is 24.1 Å². The standard InChI is InChI=1S/C24H34N4O3/c1-15(28(3)14-16-4-6-20(7-5-16)22(30)25-2)21(29)26-23(31)27-24-11-17-8-18(12-24)10-19(9-17)13-24/h4-7,15,17-19H,8-14H2,1-3H3,(H,25,30)(H2,26,27,29,31)/t15-,17?,18?,19?,24?/m0/s1. The highest BCUT2D eigenvalue weighted by Gasteiger charge is 2.51. The van der Waals surface area contributed by atoms with Crippen LogP contribution < -0.4 is 16.0 Å². The molecular weight excluding hydrogens is 392 g/mol. The number of likely N-dealkylation sites (N-methyl/N-ethyl adjacent to an activating group) is 1. The predicted molar refractivity (Wildman–Crippen MR) is 118 cm³/mol. The first-order chi connectivity index (χ1) is 14.8. The first-order valence-electron chi connectivity index (χ1n) is 11.4. The lowest BCUT2D eigenvalue weighted by atomic mass is 9.53. The lowest BCUT2D eigenvalue weighted by molar-refractivity contribution is -0.124. The smallest absolute Gasteiger partial charge is 0.321 e. The topological polar surface area (TPSA) is 90.5 Å². The van der Waals surface area contributed by atoms with Crippen LogP contribution in [0.15, 0.2) is 24.3 Å². The lowest BCUT2D eigenvalue weighted by Gasteiger charge is -2.56. The van der Waals surface area contributed by atoms with Crippen molar-refractivity contribution in [1.29, 1.82) is 0 Å². The third-order valence-corrected chi connectivity index (χ3v) is 7.57. The van der Waals surface area contributed by atoms with Gasteiger partial charge in [-0.1, -0.05) is 12.1 Å². The molecule has 4 bridgehead atoms. The number of carbonyl (C=O) groups is 3. The van der Waals surface area contributed by atoms with E-state index >= 15 is 0 Å². The van der Waals surface area contributed by atoms with Gasteiger partial charge in [-0.15, -0.1) is 0 Å². The number of carbonyl (C=O) groups excluding carboxylic acids is 3. The molecule has 0 saturated heterocycles. The zero-order valence-corrected chi connectivity index (χ0v) is 18.7. The van der Waals surface area contributed by atoms with Gasteiger partial charge in [-0.25, -0.2) is 4.79 Å². The molecular formula is C24H34N4O3. The molecule has 3 N–H and O–H groups in total. The Labute approximate surface area is 184 Å². The maximum atomic E-state index is 12.7. The van der Waals surface area contributed by atoms with E-state index in [1.54, 1.807) is 26.1 Å². The zero-order chi connectivity index (χ0) is 22.2. The largest absolute Gasteiger partial charge is 0.355 e. The maximum Gasteiger partial charge on any atom is 0.321 e. The maximum absolute atomic E-state index is 12.7. The molecule has 168 valence electrons. The van der Waals surface area contributed by atoms with Gasteiger partial charge in [-0.05, 0) is 87.9 Å². The van der Waals surface area contributed by atoms with Gasteiger partial charge >= 0.3 is 6.03 Å². The van der Waals surface area contributed by atoms with Gasteiger partial charge < -0.3 is 10.6 Å². The number of nitrogens with one attached hydrogen (secondary N) is 3. The van der Waals surface area contributed by atoms with Gasteiger partial charge in [-0.2, -0.15) is 0 Å². The Morgan fingerprint density at radius 1 is 1.03 bits per heavy atom. The van der Waals surface area contributed by atoms with E-state index < -0.39 is 6.04 Å². The van der Waals surface area contributed by atoms with Crippen molar-refractivity contribution in [3.8, 4) is 0 Å². The summed E-state index contributed by atoms with van der Waals surface area (Å²) in [7, 11) is 3.46. The van der Waals surface area contributed by atoms with E-state index in [9.17, 15) is 14.4 Å². The summed E-state index contributed by atoms with van der Waals surface area (Å²) >= 11 is 0. The normalized spacial score (nSPS) is 29.5. The van der Waals surface area contributed by atoms with Crippen LogP contribution in [0, 0.1) is 17.8 Å². The lowest BCUT2D eigenvalue weighted by Crippen LogP contribution is -2.62. The Balaban J connectivity index is 1.29. The van der Waals surface area contributed by atoms with Crippen LogP contribution in [0.5, 0.6) is 0 Å². The van der Waals surface area contributed by atoms with Gasteiger partial charge in [0, 0.05) is 24.7 Å². The van der Waals surface area contributed by atoms with Gasteiger partial charge in [0.2, 0.25) is 5.91 Å². The van der Waals surface area contributed by atoms with Gasteiger partial charge in [-0.3, -0.25) is 19.8 Å². The van der Waals surface area contributed by atoms with E-state index in [4.69, 9.17) is 0 Å². The Morgan fingerprint density at radius 3 is 2.10 bits per heavy atom. The molecule has 4 amide bonds. The summed E-state index contributed by atoms with van der Waals surface area (Å²) in [6, 6.07) is 6.48. The zero-order valence-electron chi connectivity index (χ0n) is 18.7. The summed E-state index contributed by atoms with van der Waals surface area (Å²) < 4.78 is 0. The highest BCUT2D eigenvalue weighted by atomic mass is 16.2. The molecule has 4 aliphatic carbocycles. The van der Waals surface area contributed by atoms with Crippen LogP contribution >= 0.6 is 0 Å². The number of hydrogen-bond acceptors (Lipinski definition) is 4. The van der Waals surface area contributed by atoms with Crippen molar-refractivity contribution in [1.82, 2.24) is 20.9 Å². The van der Waals surface area contributed by atoms with Gasteiger partial charge in [0.25, 0.3) is 5.91 Å². The van der Waals surface area contributed by atoms with Crippen molar-refractivity contribution in [3.63, 3.8) is 0 Å². The first-order valence-corrected chi connectivity index (χ1v) is 11.4. The molecule has 0 radical (unpaired) electrons. The predicted octanol–water partition coefficient (Wildman–Crippen LogP) is 2.66. The van der Waals surface area contributed by atoms with Crippen LogP contribution in [-0.4, -0.2) is 48.4 Å². The molecule has 31 heavy (non-hydrogen) atoms. The van der Waals surface area contributed by atoms with Crippen molar-refractivity contribution >= 4 is 17.8 Å². The number of urea groups is 1. The summed E-state index contributed by atoms with van der Waals surface area (Å²) in [6.45, 7) is 2.34. The first kappa shape index (κ1) is 21.8. The van der Waals surface area contributed by atoms with E-state index in [2.05, 4.69) is 16.0 Å². The molecule has 0 aromatic heterocycles. The Hall–Kier alpha value is -2.41. The second-order valence-corrected chi connectivity index (χ2v) is 10.0. The summed E-state index contributed by atoms with van der Waals surface area (Å²) in [6.07, 6.45) is 7.11. The molecule has 4 saturated carbocycles. The minimum atomic E-state index is -0.458. The Morgan fingerprint density at radius 2 is 1.58 bits per heavy atom. The van der Waals surface area contributed by atoms with Crippen molar-refractivity contribution in [3.05, 3.63) is 35.4 Å². The molecule has 5 rings (SSSR count). The number of imide groups is 1. The quantitative estimate of drug-likeness (QED) is 0.652. The Kier molecular flexibility index (Phi) is 6.06. The van der Waals surface area contributed by atoms with E-state index in [0.29, 0.717) is 12.1 Å². The second kappa shape index (κ2) is 8.61. The summed E-state index contributed by atoms with van der Waals surface area (Å²) in [5.74, 6) is 1.79. The summed E-state index contributed by atoms with van der Waals surface area (Å²) in [5, 5.41) is 8.36. The fourth-order valence-corrected chi connectivity index (χ4v) is 6.28. The molecule has 4 fully saturated rings. The van der Waals surface area contributed by atoms with Gasteiger partial charge in [0.05, 0.1) is 6.04 Å². The third-order valence-electron chi connectivity index (χ3n) is 7.57. The monoisotopic (exact) mass is 426 g/mol. The number of nitrogens with zero attached hydrogens (tertiary/aromatic N) is 1. The highest BCUT2D eigenvalue weighted by Crippen LogP contribution is 2.55. The van der Waals surface area contributed by atoms with Crippen molar-refractivity contribution in [2.45, 2.75) is 63.6 Å². The van der Waals surface area contributed by atoms with Crippen LogP contribution in [-0.2, 0) is 11.3 Å². The summed E-state index contributed by atoms with van der Waals surface area (Å²) in [5.41, 5.74) is 1.48. The number of benzene rings is 1. The molecule has 0 heterocycles. The van der Waals surface area contributed by atoms with Crippen LogP contribution in [0.4, 0.5) is 4.79 Å². The second-order valence-electron chi connectivity index (χ2n) is 10.0. The molecule has 1 aromatic rings. The minimum absolute atomic E-state index is 0.110. The van der Waals surface area contributed by atoms with E-state index in [-0.39, 0.29) is 23.4 Å². The molecule has 0 unspecified atom stereocenters. The van der Waals surface area contributed by atoms with Crippen LogP contribution in [0.2, 0.25) is 0 Å². The fraction of sp³-hybridized carbons (Fsp3) is 0.625. The average molecular weight is 427 g/mol. The summed E-state index contributed by atoms with van der Waals surface area (Å²) in [4.78, 5) is 38.9. The molecule has 0 spiro atoms. The van der Waals surface area contributed by atoms with E-state index in [1.165, 1.54) is 19.3 Å². The van der Waals surface area contributed by atoms with Gasteiger partial charge in [0.1, 0.15) is 0 Å². The van der Waals surface area contributed by atoms with E-state index in [0.717, 1.165) is 42.6 Å². The molecule has 7 heteroatoms. The van der Waals surface area contributed by atoms with Crippen LogP contribution in [0.3, 0.4) is 0 Å². The highest BCUT2D eigenvalue weighted by molar-refractivity contribution is 5.97.